The largest absolute Gasteiger partial charge is 0.381 e. The molecule has 1 aromatic rings. The van der Waals surface area contributed by atoms with Crippen LogP contribution in [0.3, 0.4) is 0 Å². The molecule has 0 radical (unpaired) electrons. The molecule has 1 saturated heterocycles. The van der Waals surface area contributed by atoms with Crippen molar-refractivity contribution >= 4 is 21.4 Å². The molecule has 5 nitrogen and oxygen atoms in total. The fourth-order valence-electron chi connectivity index (χ4n) is 2.27. The number of ether oxygens (including phenoxy) is 1. The highest BCUT2D eigenvalue weighted by atomic mass is 32.2. The molecule has 1 aliphatic rings. The van der Waals surface area contributed by atoms with Gasteiger partial charge in [0.15, 0.2) is 0 Å². The minimum absolute atomic E-state index is 0.282. The first-order valence-corrected chi connectivity index (χ1v) is 9.72. The van der Waals surface area contributed by atoms with Gasteiger partial charge in [0.25, 0.3) is 0 Å². The predicted molar refractivity (Wildman–Crippen MR) is 85.0 cm³/mol. The van der Waals surface area contributed by atoms with Crippen molar-refractivity contribution in [2.45, 2.75) is 44.2 Å². The summed E-state index contributed by atoms with van der Waals surface area (Å²) in [5, 5.41) is 5.09. The van der Waals surface area contributed by atoms with Gasteiger partial charge in [0.2, 0.25) is 10.0 Å². The van der Waals surface area contributed by atoms with E-state index in [0.717, 1.165) is 24.3 Å². The Balaban J connectivity index is 1.96. The first-order chi connectivity index (χ1) is 9.99. The number of rotatable bonds is 7. The maximum atomic E-state index is 12.4. The summed E-state index contributed by atoms with van der Waals surface area (Å²) in [6, 6.07) is 2.01. The van der Waals surface area contributed by atoms with Gasteiger partial charge in [-0.3, -0.25) is 0 Å². The monoisotopic (exact) mass is 332 g/mol. The van der Waals surface area contributed by atoms with Crippen molar-refractivity contribution in [3.05, 3.63) is 16.3 Å². The third-order valence-corrected chi connectivity index (χ3v) is 6.04. The Morgan fingerprint density at radius 2 is 2.29 bits per heavy atom. The summed E-state index contributed by atoms with van der Waals surface area (Å²) in [6.45, 7) is 6.56. The lowest BCUT2D eigenvalue weighted by Gasteiger charge is -2.22. The molecule has 0 aliphatic carbocycles. The van der Waals surface area contributed by atoms with Crippen LogP contribution in [0.15, 0.2) is 16.3 Å². The molecule has 1 fully saturated rings. The van der Waals surface area contributed by atoms with Crippen molar-refractivity contribution in [2.75, 3.05) is 19.8 Å². The zero-order valence-electron chi connectivity index (χ0n) is 12.6. The van der Waals surface area contributed by atoms with Crippen LogP contribution in [0, 0.1) is 5.92 Å². The zero-order valence-corrected chi connectivity index (χ0v) is 14.2. The van der Waals surface area contributed by atoms with Crippen molar-refractivity contribution in [1.82, 2.24) is 10.0 Å². The zero-order chi connectivity index (χ0) is 15.3. The van der Waals surface area contributed by atoms with Gasteiger partial charge in [-0.25, -0.2) is 13.1 Å². The van der Waals surface area contributed by atoms with Crippen molar-refractivity contribution in [1.29, 1.82) is 0 Å². The van der Waals surface area contributed by atoms with Gasteiger partial charge in [-0.2, -0.15) is 0 Å². The van der Waals surface area contributed by atoms with Crippen LogP contribution in [0.2, 0.25) is 0 Å². The lowest BCUT2D eigenvalue weighted by Crippen LogP contribution is -2.33. The number of sulfonamides is 1. The minimum Gasteiger partial charge on any atom is -0.381 e. The Morgan fingerprint density at radius 1 is 1.48 bits per heavy atom. The van der Waals surface area contributed by atoms with E-state index >= 15 is 0 Å². The number of nitrogens with one attached hydrogen (secondary N) is 2. The summed E-state index contributed by atoms with van der Waals surface area (Å²) < 4.78 is 33.0. The highest BCUT2D eigenvalue weighted by molar-refractivity contribution is 7.89. The SMILES string of the molecule is CC(C)NCc1sccc1S(=O)(=O)NCC1CCCOC1. The molecule has 0 bridgehead atoms. The second-order valence-corrected chi connectivity index (χ2v) is 8.41. The average molecular weight is 332 g/mol. The number of hydrogen-bond donors (Lipinski definition) is 2. The first kappa shape index (κ1) is 16.9. The predicted octanol–water partition coefficient (Wildman–Crippen LogP) is 1.95. The Labute approximate surface area is 131 Å². The van der Waals surface area contributed by atoms with Crippen LogP contribution in [0.1, 0.15) is 31.6 Å². The van der Waals surface area contributed by atoms with Crippen LogP contribution in [0.25, 0.3) is 0 Å². The van der Waals surface area contributed by atoms with Gasteiger partial charge in [-0.05, 0) is 30.2 Å². The molecule has 0 saturated carbocycles. The smallest absolute Gasteiger partial charge is 0.241 e. The van der Waals surface area contributed by atoms with E-state index in [9.17, 15) is 8.42 Å². The summed E-state index contributed by atoms with van der Waals surface area (Å²) >= 11 is 1.47. The van der Waals surface area contributed by atoms with E-state index in [2.05, 4.69) is 10.0 Å². The third kappa shape index (κ3) is 5.03. The highest BCUT2D eigenvalue weighted by Gasteiger charge is 2.22. The lowest BCUT2D eigenvalue weighted by molar-refractivity contribution is 0.0568. The number of thiophene rings is 1. The number of hydrogen-bond acceptors (Lipinski definition) is 5. The normalized spacial score (nSPS) is 20.0. The molecule has 2 heterocycles. The summed E-state index contributed by atoms with van der Waals surface area (Å²) in [7, 11) is -3.43. The maximum Gasteiger partial charge on any atom is 0.241 e. The molecule has 2 N–H and O–H groups in total. The fraction of sp³-hybridized carbons (Fsp3) is 0.714. The van der Waals surface area contributed by atoms with E-state index in [1.165, 1.54) is 11.3 Å². The molecule has 1 atom stereocenters. The molecule has 2 rings (SSSR count). The average Bonchev–Trinajstić information content (AvgIpc) is 2.93. The second kappa shape index (κ2) is 7.69. The molecule has 120 valence electrons. The summed E-state index contributed by atoms with van der Waals surface area (Å²) in [6.07, 6.45) is 2.03. The lowest BCUT2D eigenvalue weighted by atomic mass is 10.0. The van der Waals surface area contributed by atoms with Crippen LogP contribution in [0.4, 0.5) is 0 Å². The van der Waals surface area contributed by atoms with E-state index in [1.807, 2.05) is 19.2 Å². The Bertz CT molecular complexity index is 534. The van der Waals surface area contributed by atoms with Gasteiger partial charge in [0.05, 0.1) is 11.5 Å². The van der Waals surface area contributed by atoms with Gasteiger partial charge < -0.3 is 10.1 Å². The van der Waals surface area contributed by atoms with Crippen LogP contribution < -0.4 is 10.0 Å². The van der Waals surface area contributed by atoms with E-state index < -0.39 is 10.0 Å². The van der Waals surface area contributed by atoms with Gasteiger partial charge in [0, 0.05) is 30.6 Å². The van der Waals surface area contributed by atoms with Crippen LogP contribution in [0.5, 0.6) is 0 Å². The van der Waals surface area contributed by atoms with Crippen molar-refractivity contribution in [3.8, 4) is 0 Å². The van der Waals surface area contributed by atoms with E-state index in [4.69, 9.17) is 4.74 Å². The highest BCUT2D eigenvalue weighted by Crippen LogP contribution is 2.22. The second-order valence-electron chi connectivity index (χ2n) is 5.68. The van der Waals surface area contributed by atoms with Gasteiger partial charge >= 0.3 is 0 Å². The molecule has 0 aromatic carbocycles. The van der Waals surface area contributed by atoms with Gasteiger partial charge in [-0.1, -0.05) is 13.8 Å². The quantitative estimate of drug-likeness (QED) is 0.801. The van der Waals surface area contributed by atoms with E-state index in [1.54, 1.807) is 6.07 Å². The van der Waals surface area contributed by atoms with E-state index in [0.29, 0.717) is 30.6 Å². The van der Waals surface area contributed by atoms with Crippen LogP contribution >= 0.6 is 11.3 Å². The molecule has 0 spiro atoms. The first-order valence-electron chi connectivity index (χ1n) is 7.36. The Hall–Kier alpha value is -0.470. The molecule has 1 aliphatic heterocycles. The molecule has 1 aromatic heterocycles. The molecule has 21 heavy (non-hydrogen) atoms. The molecular formula is C14H24N2O3S2. The molecular weight excluding hydrogens is 308 g/mol. The van der Waals surface area contributed by atoms with Gasteiger partial charge in [0.1, 0.15) is 0 Å². The molecule has 1 unspecified atom stereocenters. The summed E-state index contributed by atoms with van der Waals surface area (Å²) in [5.41, 5.74) is 0. The maximum absolute atomic E-state index is 12.4. The van der Waals surface area contributed by atoms with Crippen molar-refractivity contribution in [2.24, 2.45) is 5.92 Å². The Kier molecular flexibility index (Phi) is 6.19. The van der Waals surface area contributed by atoms with Crippen molar-refractivity contribution < 1.29 is 13.2 Å². The summed E-state index contributed by atoms with van der Waals surface area (Å²) in [4.78, 5) is 1.26. The van der Waals surface area contributed by atoms with Crippen molar-refractivity contribution in [3.63, 3.8) is 0 Å². The third-order valence-electron chi connectivity index (χ3n) is 3.48. The minimum atomic E-state index is -3.43. The Morgan fingerprint density at radius 3 is 2.95 bits per heavy atom. The molecule has 7 heteroatoms. The topological polar surface area (TPSA) is 67.4 Å². The molecule has 0 amide bonds. The van der Waals surface area contributed by atoms with Crippen LogP contribution in [-0.4, -0.2) is 34.2 Å². The summed E-state index contributed by atoms with van der Waals surface area (Å²) in [5.74, 6) is 0.282. The standard InChI is InChI=1S/C14H24N2O3S2/c1-11(2)15-9-13-14(5-7-20-13)21(17,18)16-8-12-4-3-6-19-10-12/h5,7,11-12,15-16H,3-4,6,8-10H2,1-2H3. The van der Waals surface area contributed by atoms with Crippen LogP contribution in [-0.2, 0) is 21.3 Å². The van der Waals surface area contributed by atoms with E-state index in [-0.39, 0.29) is 5.92 Å². The van der Waals surface area contributed by atoms with Gasteiger partial charge in [-0.15, -0.1) is 11.3 Å². The fourth-order valence-corrected chi connectivity index (χ4v) is 4.78.